The van der Waals surface area contributed by atoms with Crippen molar-refractivity contribution in [2.24, 2.45) is 0 Å². The van der Waals surface area contributed by atoms with Gasteiger partial charge in [-0.1, -0.05) is 59.8 Å². The lowest BCUT2D eigenvalue weighted by molar-refractivity contribution is -0.141. The van der Waals surface area contributed by atoms with Crippen molar-refractivity contribution < 1.29 is 14.0 Å². The average molecular weight is 530 g/mol. The zero-order valence-corrected chi connectivity index (χ0v) is 22.4. The van der Waals surface area contributed by atoms with Crippen LogP contribution in [0.3, 0.4) is 0 Å². The fourth-order valence-electron chi connectivity index (χ4n) is 4.67. The molecule has 2 aromatic carbocycles. The van der Waals surface area contributed by atoms with Crippen molar-refractivity contribution in [3.8, 4) is 17.3 Å². The molecule has 0 spiro atoms. The van der Waals surface area contributed by atoms with Crippen molar-refractivity contribution in [1.82, 2.24) is 24.6 Å². The number of aromatic nitrogens is 3. The first-order valence-electron chi connectivity index (χ1n) is 12.8. The highest BCUT2D eigenvalue weighted by atomic mass is 32.2. The van der Waals surface area contributed by atoms with Crippen LogP contribution in [-0.4, -0.2) is 67.8 Å². The van der Waals surface area contributed by atoms with Crippen molar-refractivity contribution in [3.05, 3.63) is 84.1 Å². The molecule has 1 fully saturated rings. The number of thioether (sulfide) groups is 1. The summed E-state index contributed by atoms with van der Waals surface area (Å²) in [6, 6.07) is 21.8. The van der Waals surface area contributed by atoms with Crippen molar-refractivity contribution in [1.29, 1.82) is 0 Å². The summed E-state index contributed by atoms with van der Waals surface area (Å²) in [5.74, 6) is 1.59. The van der Waals surface area contributed by atoms with Gasteiger partial charge in [-0.3, -0.25) is 14.2 Å². The Morgan fingerprint density at radius 2 is 1.76 bits per heavy atom. The number of aryl methyl sites for hydroxylation is 2. The average Bonchev–Trinajstić information content (AvgIpc) is 3.61. The fourth-order valence-corrected chi connectivity index (χ4v) is 5.52. The molecule has 1 atom stereocenters. The summed E-state index contributed by atoms with van der Waals surface area (Å²) >= 11 is 1.36. The first kappa shape index (κ1) is 25.8. The van der Waals surface area contributed by atoms with Gasteiger partial charge >= 0.3 is 0 Å². The molecule has 4 aromatic rings. The van der Waals surface area contributed by atoms with Crippen LogP contribution in [0.25, 0.3) is 17.3 Å². The van der Waals surface area contributed by atoms with Crippen LogP contribution in [0, 0.1) is 6.92 Å². The van der Waals surface area contributed by atoms with Gasteiger partial charge in [0, 0.05) is 37.8 Å². The van der Waals surface area contributed by atoms with Gasteiger partial charge in [0.2, 0.25) is 17.6 Å². The Balaban J connectivity index is 1.21. The van der Waals surface area contributed by atoms with Gasteiger partial charge < -0.3 is 14.2 Å². The van der Waals surface area contributed by atoms with Gasteiger partial charge in [0.05, 0.1) is 12.0 Å². The molecular weight excluding hydrogens is 498 g/mol. The lowest BCUT2D eigenvalue weighted by Crippen LogP contribution is -2.55. The summed E-state index contributed by atoms with van der Waals surface area (Å²) in [5, 5.41) is 9.36. The number of hydrogen-bond donors (Lipinski definition) is 0. The molecule has 2 amide bonds. The Morgan fingerprint density at radius 1 is 0.974 bits per heavy atom. The van der Waals surface area contributed by atoms with Gasteiger partial charge in [0.1, 0.15) is 0 Å². The molecule has 38 heavy (non-hydrogen) atoms. The quantitative estimate of drug-likeness (QED) is 0.310. The van der Waals surface area contributed by atoms with E-state index in [0.717, 1.165) is 23.2 Å². The molecule has 0 aliphatic carbocycles. The van der Waals surface area contributed by atoms with Crippen LogP contribution in [0.15, 0.2) is 82.6 Å². The van der Waals surface area contributed by atoms with Crippen molar-refractivity contribution >= 4 is 23.6 Å². The van der Waals surface area contributed by atoms with E-state index in [1.165, 1.54) is 11.8 Å². The molecule has 2 aromatic heterocycles. The Kier molecular flexibility index (Phi) is 7.93. The van der Waals surface area contributed by atoms with E-state index in [0.29, 0.717) is 42.8 Å². The van der Waals surface area contributed by atoms with Crippen molar-refractivity contribution in [3.63, 3.8) is 0 Å². The highest BCUT2D eigenvalue weighted by Crippen LogP contribution is 2.29. The third-order valence-electron chi connectivity index (χ3n) is 6.76. The minimum absolute atomic E-state index is 0.0243. The zero-order valence-electron chi connectivity index (χ0n) is 21.6. The monoisotopic (exact) mass is 529 g/mol. The molecule has 1 saturated heterocycles. The molecule has 1 aliphatic rings. The van der Waals surface area contributed by atoms with E-state index in [1.54, 1.807) is 6.26 Å². The number of amides is 2. The molecule has 1 unspecified atom stereocenters. The first-order valence-corrected chi connectivity index (χ1v) is 13.8. The number of hydrogen-bond acceptors (Lipinski definition) is 6. The van der Waals surface area contributed by atoms with Crippen LogP contribution < -0.4 is 0 Å². The number of carbonyl (C=O) groups is 2. The molecule has 196 valence electrons. The number of furan rings is 1. The lowest BCUT2D eigenvalue weighted by Gasteiger charge is -2.40. The maximum atomic E-state index is 13.2. The van der Waals surface area contributed by atoms with Gasteiger partial charge in [-0.15, -0.1) is 10.2 Å². The van der Waals surface area contributed by atoms with Crippen LogP contribution in [0.4, 0.5) is 0 Å². The number of benzene rings is 2. The largest absolute Gasteiger partial charge is 0.461 e. The molecule has 1 aliphatic heterocycles. The van der Waals surface area contributed by atoms with Crippen molar-refractivity contribution in [2.45, 2.75) is 37.9 Å². The smallest absolute Gasteiger partial charge is 0.233 e. The molecular formula is C29H31N5O3S. The fraction of sp³-hybridized carbons (Fsp3) is 0.310. The summed E-state index contributed by atoms with van der Waals surface area (Å²) in [7, 11) is 0. The molecule has 0 bridgehead atoms. The Labute approximate surface area is 226 Å². The summed E-state index contributed by atoms with van der Waals surface area (Å²) in [4.78, 5) is 29.8. The maximum absolute atomic E-state index is 13.2. The molecule has 9 heteroatoms. The van der Waals surface area contributed by atoms with Gasteiger partial charge in [0.15, 0.2) is 10.9 Å². The highest BCUT2D eigenvalue weighted by Gasteiger charge is 2.30. The molecule has 0 N–H and O–H groups in total. The highest BCUT2D eigenvalue weighted by molar-refractivity contribution is 7.99. The number of nitrogens with zero attached hydrogens (tertiary/aromatic N) is 5. The van der Waals surface area contributed by atoms with Gasteiger partial charge in [-0.25, -0.2) is 0 Å². The van der Waals surface area contributed by atoms with Gasteiger partial charge in [0.25, 0.3) is 0 Å². The van der Waals surface area contributed by atoms with Gasteiger partial charge in [-0.05, 0) is 50.1 Å². The topological polar surface area (TPSA) is 84.5 Å². The van der Waals surface area contributed by atoms with E-state index in [4.69, 9.17) is 4.42 Å². The third-order valence-corrected chi connectivity index (χ3v) is 7.68. The summed E-state index contributed by atoms with van der Waals surface area (Å²) in [6.07, 6.45) is 2.81. The molecule has 5 rings (SSSR count). The second-order valence-electron chi connectivity index (χ2n) is 9.50. The number of rotatable bonds is 8. The minimum atomic E-state index is -0.0252. The predicted octanol–water partition coefficient (Wildman–Crippen LogP) is 4.62. The predicted molar refractivity (Wildman–Crippen MR) is 147 cm³/mol. The molecule has 3 heterocycles. The molecule has 0 saturated carbocycles. The van der Waals surface area contributed by atoms with E-state index in [9.17, 15) is 9.59 Å². The lowest BCUT2D eigenvalue weighted by atomic mass is 10.1. The number of piperazine rings is 1. The first-order chi connectivity index (χ1) is 18.5. The Morgan fingerprint density at radius 3 is 2.47 bits per heavy atom. The van der Waals surface area contributed by atoms with Crippen LogP contribution in [0.1, 0.15) is 24.5 Å². The second kappa shape index (κ2) is 11.7. The standard InChI is InChI=1S/C29H31N5O3S/c1-21-10-13-24(14-11-21)34-28(25-9-6-18-37-25)30-31-29(34)38-20-27(36)32-16-17-33(22(2)19-32)26(35)15-12-23-7-4-3-5-8-23/h3-11,13-14,18,22H,12,15-17,19-20H2,1-2H3. The van der Waals surface area contributed by atoms with Crippen LogP contribution >= 0.6 is 11.8 Å². The third kappa shape index (κ3) is 5.83. The van der Waals surface area contributed by atoms with E-state index in [2.05, 4.69) is 10.2 Å². The number of carbonyl (C=O) groups excluding carboxylic acids is 2. The van der Waals surface area contributed by atoms with E-state index >= 15 is 0 Å². The normalized spacial score (nSPS) is 15.6. The maximum Gasteiger partial charge on any atom is 0.233 e. The van der Waals surface area contributed by atoms with E-state index in [-0.39, 0.29) is 23.6 Å². The Bertz CT molecular complexity index is 1370. The van der Waals surface area contributed by atoms with E-state index < -0.39 is 0 Å². The van der Waals surface area contributed by atoms with Gasteiger partial charge in [-0.2, -0.15) is 0 Å². The van der Waals surface area contributed by atoms with Crippen LogP contribution in [-0.2, 0) is 16.0 Å². The molecule has 0 radical (unpaired) electrons. The minimum Gasteiger partial charge on any atom is -0.461 e. The van der Waals surface area contributed by atoms with Crippen LogP contribution in [0.2, 0.25) is 0 Å². The van der Waals surface area contributed by atoms with E-state index in [1.807, 2.05) is 94.9 Å². The SMILES string of the molecule is Cc1ccc(-n2c(SCC(=O)N3CCN(C(=O)CCc4ccccc4)C(C)C3)nnc2-c2ccco2)cc1. The second-order valence-corrected chi connectivity index (χ2v) is 10.4. The Hall–Kier alpha value is -3.85. The summed E-state index contributed by atoms with van der Waals surface area (Å²) in [6.45, 7) is 5.65. The van der Waals surface area contributed by atoms with Crippen LogP contribution in [0.5, 0.6) is 0 Å². The summed E-state index contributed by atoms with van der Waals surface area (Å²) < 4.78 is 7.50. The molecule has 8 nitrogen and oxygen atoms in total. The summed E-state index contributed by atoms with van der Waals surface area (Å²) in [5.41, 5.74) is 3.21. The van der Waals surface area contributed by atoms with Crippen molar-refractivity contribution in [2.75, 3.05) is 25.4 Å². The zero-order chi connectivity index (χ0) is 26.5.